The van der Waals surface area contributed by atoms with Crippen molar-refractivity contribution in [3.63, 3.8) is 0 Å². The van der Waals surface area contributed by atoms with Crippen LogP contribution in [-0.4, -0.2) is 19.1 Å². The predicted molar refractivity (Wildman–Crippen MR) is 88.1 cm³/mol. The molecule has 0 aliphatic carbocycles. The summed E-state index contributed by atoms with van der Waals surface area (Å²) in [5.74, 6) is 0.662. The Hall–Kier alpha value is -2.33. The minimum atomic E-state index is -0.195. The fourth-order valence-electron chi connectivity index (χ4n) is 2.87. The predicted octanol–water partition coefficient (Wildman–Crippen LogP) is 3.23. The van der Waals surface area contributed by atoms with Gasteiger partial charge in [-0.05, 0) is 36.1 Å². The lowest BCUT2D eigenvalue weighted by Crippen LogP contribution is -2.33. The largest absolute Gasteiger partial charge is 0.489 e. The van der Waals surface area contributed by atoms with Gasteiger partial charge < -0.3 is 9.47 Å². The molecule has 1 unspecified atom stereocenters. The van der Waals surface area contributed by atoms with Gasteiger partial charge in [-0.25, -0.2) is 0 Å². The van der Waals surface area contributed by atoms with Crippen molar-refractivity contribution in [1.82, 2.24) is 5.32 Å². The molecule has 3 rings (SSSR count). The van der Waals surface area contributed by atoms with Crippen LogP contribution in [0.5, 0.6) is 5.75 Å². The first-order valence-corrected chi connectivity index (χ1v) is 7.87. The number of benzene rings is 2. The van der Waals surface area contributed by atoms with Gasteiger partial charge in [-0.2, -0.15) is 0 Å². The van der Waals surface area contributed by atoms with E-state index < -0.39 is 0 Å². The second-order valence-corrected chi connectivity index (χ2v) is 5.72. The summed E-state index contributed by atoms with van der Waals surface area (Å²) < 4.78 is 10.6. The van der Waals surface area contributed by atoms with E-state index in [1.807, 2.05) is 42.5 Å². The van der Waals surface area contributed by atoms with Gasteiger partial charge in [0.25, 0.3) is 0 Å². The molecule has 0 aromatic heterocycles. The van der Waals surface area contributed by atoms with Gasteiger partial charge >= 0.3 is 5.97 Å². The van der Waals surface area contributed by atoms with E-state index in [1.54, 1.807) is 0 Å². The van der Waals surface area contributed by atoms with Crippen LogP contribution in [0, 0.1) is 0 Å². The lowest BCUT2D eigenvalue weighted by molar-refractivity contribution is -0.142. The lowest BCUT2D eigenvalue weighted by atomic mass is 10.1. The Morgan fingerprint density at radius 3 is 2.52 bits per heavy atom. The molecule has 4 heteroatoms. The molecule has 2 atom stereocenters. The van der Waals surface area contributed by atoms with Crippen molar-refractivity contribution in [2.24, 2.45) is 0 Å². The zero-order chi connectivity index (χ0) is 16.1. The van der Waals surface area contributed by atoms with Gasteiger partial charge in [0.2, 0.25) is 0 Å². The van der Waals surface area contributed by atoms with Crippen molar-refractivity contribution in [3.05, 3.63) is 65.7 Å². The Morgan fingerprint density at radius 2 is 1.83 bits per heavy atom. The van der Waals surface area contributed by atoms with Crippen LogP contribution < -0.4 is 10.1 Å². The van der Waals surface area contributed by atoms with Crippen LogP contribution >= 0.6 is 0 Å². The molecule has 0 radical (unpaired) electrons. The van der Waals surface area contributed by atoms with E-state index >= 15 is 0 Å². The highest BCUT2D eigenvalue weighted by Gasteiger charge is 2.30. The monoisotopic (exact) mass is 311 g/mol. The standard InChI is InChI=1S/C19H21NO3/c1-22-19(21)18-12-11-17(20-18)15-7-9-16(10-8-15)23-13-14-5-3-2-4-6-14/h2-10,17-18,20H,11-13H2,1H3/t17?,18-/m0/s1. The number of esters is 1. The van der Waals surface area contributed by atoms with Crippen molar-refractivity contribution >= 4 is 5.97 Å². The maximum atomic E-state index is 11.6. The Morgan fingerprint density at radius 1 is 1.09 bits per heavy atom. The van der Waals surface area contributed by atoms with Crippen molar-refractivity contribution < 1.29 is 14.3 Å². The number of nitrogens with one attached hydrogen (secondary N) is 1. The van der Waals surface area contributed by atoms with Crippen LogP contribution in [0.2, 0.25) is 0 Å². The Labute approximate surface area is 136 Å². The fraction of sp³-hybridized carbons (Fsp3) is 0.316. The number of methoxy groups -OCH3 is 1. The van der Waals surface area contributed by atoms with E-state index in [0.29, 0.717) is 6.61 Å². The highest BCUT2D eigenvalue weighted by atomic mass is 16.5. The van der Waals surface area contributed by atoms with Gasteiger partial charge in [-0.15, -0.1) is 0 Å². The van der Waals surface area contributed by atoms with E-state index in [0.717, 1.165) is 24.2 Å². The van der Waals surface area contributed by atoms with E-state index in [1.165, 1.54) is 12.7 Å². The average Bonchev–Trinajstić information content (AvgIpc) is 3.11. The third-order valence-corrected chi connectivity index (χ3v) is 4.16. The Kier molecular flexibility index (Phi) is 4.93. The summed E-state index contributed by atoms with van der Waals surface area (Å²) in [4.78, 5) is 11.6. The summed E-state index contributed by atoms with van der Waals surface area (Å²) in [6, 6.07) is 18.2. The summed E-state index contributed by atoms with van der Waals surface area (Å²) in [7, 11) is 1.43. The Balaban J connectivity index is 1.56. The minimum absolute atomic E-state index is 0.185. The van der Waals surface area contributed by atoms with Gasteiger partial charge in [0.1, 0.15) is 18.4 Å². The highest BCUT2D eigenvalue weighted by molar-refractivity contribution is 5.76. The molecule has 0 bridgehead atoms. The third kappa shape index (κ3) is 3.90. The molecule has 4 nitrogen and oxygen atoms in total. The topological polar surface area (TPSA) is 47.6 Å². The van der Waals surface area contributed by atoms with Gasteiger partial charge in [0, 0.05) is 6.04 Å². The van der Waals surface area contributed by atoms with Crippen LogP contribution in [0.15, 0.2) is 54.6 Å². The summed E-state index contributed by atoms with van der Waals surface area (Å²) in [5.41, 5.74) is 2.32. The molecule has 0 spiro atoms. The molecule has 120 valence electrons. The molecule has 2 aromatic carbocycles. The third-order valence-electron chi connectivity index (χ3n) is 4.16. The van der Waals surface area contributed by atoms with Gasteiger partial charge in [-0.3, -0.25) is 10.1 Å². The number of hydrogen-bond acceptors (Lipinski definition) is 4. The molecule has 1 N–H and O–H groups in total. The van der Waals surface area contributed by atoms with Crippen molar-refractivity contribution in [3.8, 4) is 5.75 Å². The quantitative estimate of drug-likeness (QED) is 0.861. The van der Waals surface area contributed by atoms with E-state index in [2.05, 4.69) is 17.4 Å². The highest BCUT2D eigenvalue weighted by Crippen LogP contribution is 2.28. The molecular weight excluding hydrogens is 290 g/mol. The smallest absolute Gasteiger partial charge is 0.322 e. The lowest BCUT2D eigenvalue weighted by Gasteiger charge is -2.14. The van der Waals surface area contributed by atoms with Crippen molar-refractivity contribution in [2.75, 3.05) is 7.11 Å². The summed E-state index contributed by atoms with van der Waals surface area (Å²) in [6.07, 6.45) is 1.74. The van der Waals surface area contributed by atoms with E-state index in [4.69, 9.17) is 9.47 Å². The summed E-state index contributed by atoms with van der Waals surface area (Å²) in [5, 5.41) is 3.32. The number of carbonyl (C=O) groups excluding carboxylic acids is 1. The maximum Gasteiger partial charge on any atom is 0.322 e. The number of carbonyl (C=O) groups is 1. The molecule has 1 aliphatic rings. The summed E-state index contributed by atoms with van der Waals surface area (Å²) in [6.45, 7) is 0.562. The van der Waals surface area contributed by atoms with Gasteiger partial charge in [-0.1, -0.05) is 42.5 Å². The van der Waals surface area contributed by atoms with Crippen LogP contribution in [0.1, 0.15) is 30.0 Å². The van der Waals surface area contributed by atoms with E-state index in [9.17, 15) is 4.79 Å². The number of ether oxygens (including phenoxy) is 2. The van der Waals surface area contributed by atoms with Crippen molar-refractivity contribution in [1.29, 1.82) is 0 Å². The number of hydrogen-bond donors (Lipinski definition) is 1. The Bertz CT molecular complexity index is 639. The number of rotatable bonds is 5. The molecule has 1 fully saturated rings. The molecular formula is C19H21NO3. The first kappa shape index (κ1) is 15.6. The molecule has 1 aliphatic heterocycles. The zero-order valence-electron chi connectivity index (χ0n) is 13.2. The SMILES string of the molecule is COC(=O)[C@@H]1CCC(c2ccc(OCc3ccccc3)cc2)N1. The average molecular weight is 311 g/mol. The van der Waals surface area contributed by atoms with E-state index in [-0.39, 0.29) is 18.1 Å². The minimum Gasteiger partial charge on any atom is -0.489 e. The normalized spacial score (nSPS) is 20.2. The fourth-order valence-corrected chi connectivity index (χ4v) is 2.87. The molecule has 1 saturated heterocycles. The molecule has 1 heterocycles. The second-order valence-electron chi connectivity index (χ2n) is 5.72. The van der Waals surface area contributed by atoms with Crippen LogP contribution in [-0.2, 0) is 16.1 Å². The molecule has 2 aromatic rings. The van der Waals surface area contributed by atoms with Crippen molar-refractivity contribution in [2.45, 2.75) is 31.5 Å². The maximum absolute atomic E-state index is 11.6. The zero-order valence-corrected chi connectivity index (χ0v) is 13.2. The van der Waals surface area contributed by atoms with Crippen LogP contribution in [0.4, 0.5) is 0 Å². The molecule has 23 heavy (non-hydrogen) atoms. The van der Waals surface area contributed by atoms with Gasteiger partial charge in [0.15, 0.2) is 0 Å². The molecule has 0 saturated carbocycles. The molecule has 0 amide bonds. The van der Waals surface area contributed by atoms with Gasteiger partial charge in [0.05, 0.1) is 7.11 Å². The summed E-state index contributed by atoms with van der Waals surface area (Å²) >= 11 is 0. The van der Waals surface area contributed by atoms with Crippen LogP contribution in [0.25, 0.3) is 0 Å². The second kappa shape index (κ2) is 7.29. The first-order chi connectivity index (χ1) is 11.3. The van der Waals surface area contributed by atoms with Crippen LogP contribution in [0.3, 0.4) is 0 Å². The first-order valence-electron chi connectivity index (χ1n) is 7.87.